The van der Waals surface area contributed by atoms with Crippen LogP contribution in [0.5, 0.6) is 5.75 Å². The van der Waals surface area contributed by atoms with E-state index in [4.69, 9.17) is 16.3 Å². The van der Waals surface area contributed by atoms with E-state index in [9.17, 15) is 5.26 Å². The molecule has 1 aromatic carbocycles. The highest BCUT2D eigenvalue weighted by Gasteiger charge is 2.12. The molecule has 21 heavy (non-hydrogen) atoms. The van der Waals surface area contributed by atoms with Gasteiger partial charge in [-0.3, -0.25) is 4.40 Å². The Bertz CT molecular complexity index is 831. The molecule has 0 aliphatic heterocycles. The molecule has 0 unspecified atom stereocenters. The molecule has 104 valence electrons. The monoisotopic (exact) mass is 297 g/mol. The summed E-state index contributed by atoms with van der Waals surface area (Å²) in [6.45, 7) is 0. The number of pyridine rings is 1. The number of benzene rings is 1. The number of hydrogen-bond acceptors (Lipinski definition) is 3. The number of hydrogen-bond donors (Lipinski definition) is 0. The lowest BCUT2D eigenvalue weighted by atomic mass is 10.1. The van der Waals surface area contributed by atoms with Crippen molar-refractivity contribution in [2.24, 2.45) is 0 Å². The van der Waals surface area contributed by atoms with Crippen molar-refractivity contribution in [1.82, 2.24) is 9.38 Å². The normalized spacial score (nSPS) is 10.5. The number of nitriles is 1. The minimum Gasteiger partial charge on any atom is -0.497 e. The van der Waals surface area contributed by atoms with Crippen LogP contribution in [0.2, 0.25) is 5.02 Å². The highest BCUT2D eigenvalue weighted by atomic mass is 35.5. The molecule has 0 radical (unpaired) electrons. The van der Waals surface area contributed by atoms with Gasteiger partial charge in [0.1, 0.15) is 23.2 Å². The van der Waals surface area contributed by atoms with E-state index in [1.807, 2.05) is 24.3 Å². The Labute approximate surface area is 127 Å². The zero-order valence-corrected chi connectivity index (χ0v) is 12.1. The Kier molecular flexibility index (Phi) is 3.51. The van der Waals surface area contributed by atoms with E-state index in [0.29, 0.717) is 17.1 Å². The predicted molar refractivity (Wildman–Crippen MR) is 80.7 cm³/mol. The van der Waals surface area contributed by atoms with Gasteiger partial charge in [-0.25, -0.2) is 4.98 Å². The first kappa shape index (κ1) is 13.5. The number of nitrogens with zero attached hydrogens (tertiary/aromatic N) is 3. The van der Waals surface area contributed by atoms with Crippen molar-refractivity contribution in [2.75, 3.05) is 7.11 Å². The number of halogens is 1. The summed E-state index contributed by atoms with van der Waals surface area (Å²) in [7, 11) is 1.63. The molecule has 3 aromatic rings. The molecule has 0 bridgehead atoms. The second-order valence-corrected chi connectivity index (χ2v) is 5.06. The second-order valence-electron chi connectivity index (χ2n) is 4.62. The molecule has 2 aromatic heterocycles. The van der Waals surface area contributed by atoms with E-state index in [0.717, 1.165) is 22.7 Å². The van der Waals surface area contributed by atoms with E-state index in [-0.39, 0.29) is 0 Å². The van der Waals surface area contributed by atoms with Crippen molar-refractivity contribution in [3.05, 3.63) is 64.6 Å². The molecule has 4 nitrogen and oxygen atoms in total. The van der Waals surface area contributed by atoms with Crippen LogP contribution in [0.4, 0.5) is 0 Å². The van der Waals surface area contributed by atoms with Gasteiger partial charge in [0.25, 0.3) is 0 Å². The van der Waals surface area contributed by atoms with Gasteiger partial charge in [-0.05, 0) is 29.8 Å². The van der Waals surface area contributed by atoms with Crippen LogP contribution < -0.4 is 4.74 Å². The van der Waals surface area contributed by atoms with Crippen LogP contribution in [-0.4, -0.2) is 16.5 Å². The van der Waals surface area contributed by atoms with Crippen molar-refractivity contribution in [3.8, 4) is 11.8 Å². The topological polar surface area (TPSA) is 50.3 Å². The number of ether oxygens (including phenoxy) is 1. The summed E-state index contributed by atoms with van der Waals surface area (Å²) in [4.78, 5) is 4.51. The summed E-state index contributed by atoms with van der Waals surface area (Å²) in [5, 5.41) is 9.96. The molecule has 0 fully saturated rings. The highest BCUT2D eigenvalue weighted by molar-refractivity contribution is 6.30. The Morgan fingerprint density at radius 1 is 1.24 bits per heavy atom. The standard InChI is InChI=1S/C16H12ClN3O/c1-21-13-5-2-11(3-6-13)8-14-15(9-18)20-10-12(17)4-7-16(20)19-14/h2-7,10H,8H2,1H3. The number of methoxy groups -OCH3 is 1. The third kappa shape index (κ3) is 2.56. The molecule has 3 rings (SSSR count). The minimum absolute atomic E-state index is 0.517. The lowest BCUT2D eigenvalue weighted by Crippen LogP contribution is -1.94. The Balaban J connectivity index is 2.01. The summed E-state index contributed by atoms with van der Waals surface area (Å²) in [5.74, 6) is 0.807. The molecule has 0 saturated carbocycles. The van der Waals surface area contributed by atoms with Crippen LogP contribution in [-0.2, 0) is 6.42 Å². The van der Waals surface area contributed by atoms with Crippen molar-refractivity contribution in [3.63, 3.8) is 0 Å². The van der Waals surface area contributed by atoms with Crippen LogP contribution in [0.3, 0.4) is 0 Å². The van der Waals surface area contributed by atoms with E-state index in [2.05, 4.69) is 11.1 Å². The summed E-state index contributed by atoms with van der Waals surface area (Å²) >= 11 is 5.98. The molecular weight excluding hydrogens is 286 g/mol. The van der Waals surface area contributed by atoms with E-state index >= 15 is 0 Å². The first-order chi connectivity index (χ1) is 10.2. The summed E-state index contributed by atoms with van der Waals surface area (Å²) in [5.41, 5.74) is 3.05. The fraction of sp³-hybridized carbons (Fsp3) is 0.125. The van der Waals surface area contributed by atoms with Crippen LogP contribution in [0.15, 0.2) is 42.6 Å². The van der Waals surface area contributed by atoms with Crippen molar-refractivity contribution in [2.45, 2.75) is 6.42 Å². The van der Waals surface area contributed by atoms with Gasteiger partial charge in [0, 0.05) is 12.6 Å². The maximum Gasteiger partial charge on any atom is 0.148 e. The molecule has 0 saturated heterocycles. The maximum absolute atomic E-state index is 9.38. The van der Waals surface area contributed by atoms with Gasteiger partial charge in [0.05, 0.1) is 17.8 Å². The van der Waals surface area contributed by atoms with Crippen LogP contribution >= 0.6 is 11.6 Å². The number of imidazole rings is 1. The predicted octanol–water partition coefficient (Wildman–Crippen LogP) is 3.46. The number of rotatable bonds is 3. The number of fused-ring (bicyclic) bond motifs is 1. The first-order valence-electron chi connectivity index (χ1n) is 6.41. The largest absolute Gasteiger partial charge is 0.497 e. The molecule has 0 N–H and O–H groups in total. The molecular formula is C16H12ClN3O. The quantitative estimate of drug-likeness (QED) is 0.744. The van der Waals surface area contributed by atoms with Crippen LogP contribution in [0, 0.1) is 11.3 Å². The SMILES string of the molecule is COc1ccc(Cc2nc3ccc(Cl)cn3c2C#N)cc1. The molecule has 0 spiro atoms. The van der Waals surface area contributed by atoms with Gasteiger partial charge in [0.2, 0.25) is 0 Å². The van der Waals surface area contributed by atoms with E-state index in [1.165, 1.54) is 0 Å². The van der Waals surface area contributed by atoms with Gasteiger partial charge in [0.15, 0.2) is 0 Å². The van der Waals surface area contributed by atoms with Crippen LogP contribution in [0.1, 0.15) is 17.0 Å². The molecule has 5 heteroatoms. The van der Waals surface area contributed by atoms with Gasteiger partial charge < -0.3 is 4.74 Å². The molecule has 2 heterocycles. The molecule has 0 atom stereocenters. The Hall–Kier alpha value is -2.51. The lowest BCUT2D eigenvalue weighted by Gasteiger charge is -2.02. The van der Waals surface area contributed by atoms with Crippen molar-refractivity contribution >= 4 is 17.2 Å². The molecule has 0 aliphatic rings. The summed E-state index contributed by atoms with van der Waals surface area (Å²) in [6.07, 6.45) is 2.30. The van der Waals surface area contributed by atoms with E-state index in [1.54, 1.807) is 29.8 Å². The second kappa shape index (κ2) is 5.47. The third-order valence-electron chi connectivity index (χ3n) is 3.29. The van der Waals surface area contributed by atoms with Gasteiger partial charge in [-0.15, -0.1) is 0 Å². The van der Waals surface area contributed by atoms with Crippen molar-refractivity contribution < 1.29 is 4.74 Å². The van der Waals surface area contributed by atoms with Crippen LogP contribution in [0.25, 0.3) is 5.65 Å². The third-order valence-corrected chi connectivity index (χ3v) is 3.51. The van der Waals surface area contributed by atoms with Gasteiger partial charge in [-0.1, -0.05) is 23.7 Å². The minimum atomic E-state index is 0.517. The van der Waals surface area contributed by atoms with Crippen molar-refractivity contribution in [1.29, 1.82) is 5.26 Å². The zero-order chi connectivity index (χ0) is 14.8. The smallest absolute Gasteiger partial charge is 0.148 e. The average molecular weight is 298 g/mol. The fourth-order valence-electron chi connectivity index (χ4n) is 2.25. The molecule has 0 aliphatic carbocycles. The summed E-state index contributed by atoms with van der Waals surface area (Å²) < 4.78 is 6.86. The first-order valence-corrected chi connectivity index (χ1v) is 6.78. The lowest BCUT2D eigenvalue weighted by molar-refractivity contribution is 0.414. The van der Waals surface area contributed by atoms with Gasteiger partial charge >= 0.3 is 0 Å². The van der Waals surface area contributed by atoms with E-state index < -0.39 is 0 Å². The number of aromatic nitrogens is 2. The maximum atomic E-state index is 9.38. The molecule has 0 amide bonds. The average Bonchev–Trinajstić information content (AvgIpc) is 2.84. The summed E-state index contributed by atoms with van der Waals surface area (Å²) in [6, 6.07) is 13.5. The Morgan fingerprint density at radius 3 is 2.67 bits per heavy atom. The zero-order valence-electron chi connectivity index (χ0n) is 11.4. The highest BCUT2D eigenvalue weighted by Crippen LogP contribution is 2.20. The van der Waals surface area contributed by atoms with Gasteiger partial charge in [-0.2, -0.15) is 5.26 Å². The fourth-order valence-corrected chi connectivity index (χ4v) is 2.41. The Morgan fingerprint density at radius 2 is 2.00 bits per heavy atom.